The van der Waals surface area contributed by atoms with Gasteiger partial charge in [0.25, 0.3) is 5.91 Å². The van der Waals surface area contributed by atoms with Crippen LogP contribution in [-0.2, 0) is 15.0 Å². The Morgan fingerprint density at radius 2 is 2.00 bits per heavy atom. The number of carboxylic acids is 1. The lowest BCUT2D eigenvalue weighted by molar-refractivity contribution is -0.150. The predicted molar refractivity (Wildman–Crippen MR) is 131 cm³/mol. The highest BCUT2D eigenvalue weighted by atomic mass is 79.9. The Morgan fingerprint density at radius 1 is 1.33 bits per heavy atom. The Morgan fingerprint density at radius 3 is 2.45 bits per heavy atom. The van der Waals surface area contributed by atoms with E-state index in [0.29, 0.717) is 10.6 Å². The van der Waals surface area contributed by atoms with Crippen LogP contribution in [0.3, 0.4) is 0 Å². The van der Waals surface area contributed by atoms with Crippen molar-refractivity contribution in [1.29, 1.82) is 0 Å². The van der Waals surface area contributed by atoms with Crippen LogP contribution in [0.2, 0.25) is 0 Å². The van der Waals surface area contributed by atoms with E-state index in [9.17, 15) is 19.5 Å². The fourth-order valence-corrected chi connectivity index (χ4v) is 6.56. The molecule has 0 radical (unpaired) electrons. The molecule has 2 heterocycles. The molecule has 3 N–H and O–H groups in total. The maximum Gasteiger partial charge on any atom is 0.329 e. The zero-order valence-electron chi connectivity index (χ0n) is 19.5. The minimum Gasteiger partial charge on any atom is -0.479 e. The van der Waals surface area contributed by atoms with Gasteiger partial charge in [-0.1, -0.05) is 56.6 Å². The third-order valence-electron chi connectivity index (χ3n) is 6.13. The van der Waals surface area contributed by atoms with E-state index in [0.717, 1.165) is 10.0 Å². The summed E-state index contributed by atoms with van der Waals surface area (Å²) in [7, 11) is 0. The van der Waals surface area contributed by atoms with Gasteiger partial charge < -0.3 is 15.7 Å². The molecule has 0 saturated carbocycles. The van der Waals surface area contributed by atoms with Crippen molar-refractivity contribution >= 4 is 45.1 Å². The minimum absolute atomic E-state index is 0.0324. The van der Waals surface area contributed by atoms with Crippen molar-refractivity contribution in [3.63, 3.8) is 0 Å². The highest BCUT2D eigenvalue weighted by molar-refractivity contribution is 9.10. The van der Waals surface area contributed by atoms with Crippen molar-refractivity contribution in [1.82, 2.24) is 9.88 Å². The lowest BCUT2D eigenvalue weighted by Gasteiger charge is -2.38. The van der Waals surface area contributed by atoms with Gasteiger partial charge in [0.1, 0.15) is 10.5 Å². The van der Waals surface area contributed by atoms with Crippen molar-refractivity contribution in [2.45, 2.75) is 64.5 Å². The number of thiazole rings is 1. The maximum absolute atomic E-state index is 14.0. The number of amides is 2. The Labute approximate surface area is 206 Å². The zero-order chi connectivity index (χ0) is 24.7. The molecule has 0 aliphatic carbocycles. The van der Waals surface area contributed by atoms with Gasteiger partial charge >= 0.3 is 5.97 Å². The smallest absolute Gasteiger partial charge is 0.329 e. The standard InChI is InChI=1S/C24H30BrN3O4S/c1-13(2)11-24(22(31)32)12-15(19(26)29)18(20-27-8-9-33-20)28(24)21(30)14-6-7-16(17(25)10-14)23(3,4)5/h6-10,13,15,18H,11-12H2,1-5H3,(H2,26,29)(H,31,32)/t15-,18+,24-/m0/s1. The third-order valence-corrected chi connectivity index (χ3v) is 7.64. The van der Waals surface area contributed by atoms with Crippen molar-refractivity contribution in [3.8, 4) is 0 Å². The summed E-state index contributed by atoms with van der Waals surface area (Å²) in [6.45, 7) is 10.0. The topological polar surface area (TPSA) is 114 Å². The number of primary amides is 1. The third kappa shape index (κ3) is 4.71. The summed E-state index contributed by atoms with van der Waals surface area (Å²) in [5, 5.41) is 12.7. The number of aromatic nitrogens is 1. The molecular formula is C24H30BrN3O4S. The first-order valence-corrected chi connectivity index (χ1v) is 12.5. The monoisotopic (exact) mass is 535 g/mol. The van der Waals surface area contributed by atoms with Crippen molar-refractivity contribution < 1.29 is 19.5 Å². The summed E-state index contributed by atoms with van der Waals surface area (Å²) in [5.74, 6) is -3.12. The number of nitrogens with zero attached hydrogens (tertiary/aromatic N) is 2. The summed E-state index contributed by atoms with van der Waals surface area (Å²) in [5.41, 5.74) is 5.39. The molecule has 2 aromatic rings. The first kappa shape index (κ1) is 25.4. The Hall–Kier alpha value is -2.26. The summed E-state index contributed by atoms with van der Waals surface area (Å²) < 4.78 is 0.766. The maximum atomic E-state index is 14.0. The van der Waals surface area contributed by atoms with E-state index >= 15 is 0 Å². The summed E-state index contributed by atoms with van der Waals surface area (Å²) in [4.78, 5) is 45.0. The fraction of sp³-hybridized carbons (Fsp3) is 0.500. The Bertz CT molecular complexity index is 1060. The van der Waals surface area contributed by atoms with Crippen molar-refractivity contribution in [2.24, 2.45) is 17.6 Å². The largest absolute Gasteiger partial charge is 0.479 e. The van der Waals surface area contributed by atoms with E-state index in [1.54, 1.807) is 23.7 Å². The highest BCUT2D eigenvalue weighted by Gasteiger charge is 2.61. The molecule has 7 nitrogen and oxygen atoms in total. The lowest BCUT2D eigenvalue weighted by Crippen LogP contribution is -2.54. The number of benzene rings is 1. The van der Waals surface area contributed by atoms with E-state index in [4.69, 9.17) is 5.73 Å². The number of hydrogen-bond acceptors (Lipinski definition) is 5. The second-order valence-electron chi connectivity index (χ2n) is 10.1. The number of halogens is 1. The molecule has 33 heavy (non-hydrogen) atoms. The SMILES string of the molecule is CC(C)C[C@@]1(C(=O)O)C[C@H](C(N)=O)[C@H](c2nccs2)N1C(=O)c1ccc(C(C)(C)C)c(Br)c1. The summed E-state index contributed by atoms with van der Waals surface area (Å²) in [6.07, 6.45) is 1.73. The molecule has 1 aliphatic rings. The molecule has 0 unspecified atom stereocenters. The van der Waals surface area contributed by atoms with Crippen LogP contribution >= 0.6 is 27.3 Å². The van der Waals surface area contributed by atoms with Crippen LogP contribution in [0.25, 0.3) is 0 Å². The van der Waals surface area contributed by atoms with Gasteiger partial charge in [-0.25, -0.2) is 9.78 Å². The Kier molecular flexibility index (Phi) is 7.05. The quantitative estimate of drug-likeness (QED) is 0.553. The molecule has 0 bridgehead atoms. The van der Waals surface area contributed by atoms with Crippen LogP contribution < -0.4 is 5.73 Å². The number of hydrogen-bond donors (Lipinski definition) is 2. The Balaban J connectivity index is 2.21. The first-order valence-electron chi connectivity index (χ1n) is 10.9. The molecule has 3 atom stereocenters. The average molecular weight is 536 g/mol. The van der Waals surface area contributed by atoms with Gasteiger partial charge in [0.05, 0.1) is 12.0 Å². The molecule has 9 heteroatoms. The predicted octanol–water partition coefficient (Wildman–Crippen LogP) is 4.76. The first-order chi connectivity index (χ1) is 15.3. The van der Waals surface area contributed by atoms with E-state index in [2.05, 4.69) is 41.7 Å². The number of likely N-dealkylation sites (tertiary alicyclic amines) is 1. The number of carbonyl (C=O) groups excluding carboxylic acids is 2. The van der Waals surface area contributed by atoms with E-state index in [1.807, 2.05) is 19.9 Å². The fourth-order valence-electron chi connectivity index (χ4n) is 4.79. The molecule has 178 valence electrons. The van der Waals surface area contributed by atoms with Gasteiger partial charge in [-0.2, -0.15) is 0 Å². The summed E-state index contributed by atoms with van der Waals surface area (Å²) >= 11 is 4.86. The molecule has 2 amide bonds. The minimum atomic E-state index is -1.57. The van der Waals surface area contributed by atoms with Gasteiger partial charge in [-0.3, -0.25) is 9.59 Å². The highest BCUT2D eigenvalue weighted by Crippen LogP contribution is 2.51. The number of nitrogens with two attached hydrogens (primary N) is 1. The summed E-state index contributed by atoms with van der Waals surface area (Å²) in [6, 6.07) is 4.47. The number of carbonyl (C=O) groups is 3. The van der Waals surface area contributed by atoms with Crippen LogP contribution in [0, 0.1) is 11.8 Å². The number of carboxylic acid groups (broad SMARTS) is 1. The molecule has 3 rings (SSSR count). The molecular weight excluding hydrogens is 506 g/mol. The van der Waals surface area contributed by atoms with E-state index in [1.165, 1.54) is 16.2 Å². The van der Waals surface area contributed by atoms with Gasteiger partial charge in [-0.15, -0.1) is 11.3 Å². The van der Waals surface area contributed by atoms with Crippen LogP contribution in [0.1, 0.15) is 74.4 Å². The van der Waals surface area contributed by atoms with Gasteiger partial charge in [0, 0.05) is 21.6 Å². The molecule has 1 fully saturated rings. The van der Waals surface area contributed by atoms with Gasteiger partial charge in [0.15, 0.2) is 0 Å². The van der Waals surface area contributed by atoms with E-state index < -0.39 is 35.3 Å². The molecule has 1 aliphatic heterocycles. The van der Waals surface area contributed by atoms with Gasteiger partial charge in [0.2, 0.25) is 5.91 Å². The van der Waals surface area contributed by atoms with Crippen LogP contribution in [-0.4, -0.2) is 38.3 Å². The molecule has 1 saturated heterocycles. The number of rotatable bonds is 6. The zero-order valence-corrected chi connectivity index (χ0v) is 21.9. The normalized spacial score (nSPS) is 23.2. The van der Waals surface area contributed by atoms with Crippen molar-refractivity contribution in [3.05, 3.63) is 50.4 Å². The van der Waals surface area contributed by atoms with Crippen LogP contribution in [0.5, 0.6) is 0 Å². The lowest BCUT2D eigenvalue weighted by atomic mass is 9.83. The van der Waals surface area contributed by atoms with Gasteiger partial charge in [-0.05, 0) is 41.9 Å². The second kappa shape index (κ2) is 9.18. The van der Waals surface area contributed by atoms with Crippen molar-refractivity contribution in [2.75, 3.05) is 0 Å². The second-order valence-corrected chi connectivity index (χ2v) is 11.9. The van der Waals surface area contributed by atoms with Crippen LogP contribution in [0.15, 0.2) is 34.2 Å². The molecule has 0 spiro atoms. The van der Waals surface area contributed by atoms with Crippen LogP contribution in [0.4, 0.5) is 0 Å². The molecule has 1 aromatic carbocycles. The average Bonchev–Trinajstić information content (AvgIpc) is 3.32. The van der Waals surface area contributed by atoms with E-state index in [-0.39, 0.29) is 24.2 Å². The number of aliphatic carboxylic acids is 1. The molecule has 1 aromatic heterocycles.